The van der Waals surface area contributed by atoms with E-state index in [0.29, 0.717) is 46.7 Å². The predicted molar refractivity (Wildman–Crippen MR) is 88.4 cm³/mol. The highest BCUT2D eigenvalue weighted by atomic mass is 35.5. The van der Waals surface area contributed by atoms with Gasteiger partial charge in [0.1, 0.15) is 17.2 Å². The summed E-state index contributed by atoms with van der Waals surface area (Å²) in [5.41, 5.74) is 2.09. The number of carbonyl (C=O) groups excluding carboxylic acids is 1. The van der Waals surface area contributed by atoms with Crippen molar-refractivity contribution in [3.8, 4) is 0 Å². The Labute approximate surface area is 143 Å². The first-order valence-corrected chi connectivity index (χ1v) is 7.55. The highest BCUT2D eigenvalue weighted by molar-refractivity contribution is 6.32. The molecule has 0 spiro atoms. The van der Waals surface area contributed by atoms with E-state index in [-0.39, 0.29) is 5.56 Å². The van der Waals surface area contributed by atoms with Gasteiger partial charge in [0.05, 0.1) is 13.5 Å². The third kappa shape index (κ3) is 2.48. The van der Waals surface area contributed by atoms with Crippen LogP contribution in [-0.2, 0) is 6.54 Å². The number of nitrogens with zero attached hydrogens (tertiary/aromatic N) is 3. The Balaban J connectivity index is 1.66. The maximum absolute atomic E-state index is 11.8. The minimum atomic E-state index is -0.694. The normalized spacial score (nSPS) is 17.6. The quantitative estimate of drug-likeness (QED) is 0.660. The number of halogens is 1. The van der Waals surface area contributed by atoms with Gasteiger partial charge in [0, 0.05) is 29.4 Å². The number of nitrogens with one attached hydrogen (secondary N) is 1. The van der Waals surface area contributed by atoms with E-state index in [0.717, 1.165) is 0 Å². The largest absolute Gasteiger partial charge is 0.459 e. The molecule has 2 aliphatic heterocycles. The molecule has 0 unspecified atom stereocenters. The van der Waals surface area contributed by atoms with E-state index in [1.54, 1.807) is 34.9 Å². The molecule has 0 saturated carbocycles. The lowest BCUT2D eigenvalue weighted by Gasteiger charge is -2.27. The average Bonchev–Trinajstić information content (AvgIpc) is 3.15. The van der Waals surface area contributed by atoms with Gasteiger partial charge in [-0.25, -0.2) is 15.5 Å². The molecule has 0 atom stereocenters. The van der Waals surface area contributed by atoms with Crippen molar-refractivity contribution in [2.75, 3.05) is 6.54 Å². The maximum Gasteiger partial charge on any atom is 0.278 e. The van der Waals surface area contributed by atoms with E-state index in [1.165, 1.54) is 6.07 Å². The van der Waals surface area contributed by atoms with Gasteiger partial charge in [-0.3, -0.25) is 15.0 Å². The van der Waals surface area contributed by atoms with Crippen LogP contribution >= 0.6 is 11.6 Å². The van der Waals surface area contributed by atoms with Crippen LogP contribution in [0.2, 0.25) is 5.02 Å². The van der Waals surface area contributed by atoms with E-state index in [9.17, 15) is 4.79 Å². The molecular weight excluding hydrogens is 332 g/mol. The number of hydrogen-bond donors (Lipinski definition) is 2. The third-order valence-electron chi connectivity index (χ3n) is 3.77. The van der Waals surface area contributed by atoms with Gasteiger partial charge in [0.25, 0.3) is 5.91 Å². The Kier molecular flexibility index (Phi) is 3.33. The number of rotatable bonds is 3. The Bertz CT molecular complexity index is 966. The van der Waals surface area contributed by atoms with E-state index in [2.05, 4.69) is 4.99 Å². The van der Waals surface area contributed by atoms with E-state index < -0.39 is 5.91 Å². The van der Waals surface area contributed by atoms with Crippen LogP contribution in [0.1, 0.15) is 17.5 Å². The molecule has 2 aliphatic rings. The second kappa shape index (κ2) is 5.79. The molecule has 24 heavy (non-hydrogen) atoms. The van der Waals surface area contributed by atoms with Gasteiger partial charge in [-0.05, 0) is 30.3 Å². The lowest BCUT2D eigenvalue weighted by Crippen LogP contribution is -2.33. The van der Waals surface area contributed by atoms with Crippen molar-refractivity contribution in [3.63, 3.8) is 0 Å². The molecule has 0 saturated heterocycles. The Morgan fingerprint density at radius 1 is 1.50 bits per heavy atom. The first-order valence-electron chi connectivity index (χ1n) is 7.68. The van der Waals surface area contributed by atoms with Gasteiger partial charge < -0.3 is 4.42 Å². The lowest BCUT2D eigenvalue weighted by molar-refractivity contribution is 0.0702. The minimum Gasteiger partial charge on any atom is -0.459 e. The summed E-state index contributed by atoms with van der Waals surface area (Å²) in [6, 6.07) is 5.32. The van der Waals surface area contributed by atoms with Gasteiger partial charge >= 0.3 is 0 Å². The average molecular weight is 346 g/mol. The number of hydroxylamine groups is 1. The fraction of sp³-hybridized carbons (Fsp3) is 0.125. The number of benzene rings is 1. The molecule has 0 bridgehead atoms. The smallest absolute Gasteiger partial charge is 0.278 e. The van der Waals surface area contributed by atoms with Crippen molar-refractivity contribution in [3.05, 3.63) is 58.7 Å². The van der Waals surface area contributed by atoms with Gasteiger partial charge in [-0.15, -0.1) is 0 Å². The molecular formula is C16H13ClN4O3. The van der Waals surface area contributed by atoms with Crippen molar-refractivity contribution >= 4 is 34.7 Å². The SMILES string of the molecule is [2H]C1=C2N=CC=CN2N(Cc2cc3cc(Cl)cc(C(=O)NO)c3o2)C1. The van der Waals surface area contributed by atoms with Crippen LogP contribution in [0.4, 0.5) is 0 Å². The monoisotopic (exact) mass is 345 g/mol. The molecule has 4 rings (SSSR count). The molecule has 0 fully saturated rings. The fourth-order valence-electron chi connectivity index (χ4n) is 2.75. The summed E-state index contributed by atoms with van der Waals surface area (Å²) in [4.78, 5) is 16.0. The lowest BCUT2D eigenvalue weighted by atomic mass is 10.1. The molecule has 7 nitrogen and oxygen atoms in total. The summed E-state index contributed by atoms with van der Waals surface area (Å²) in [6.07, 6.45) is 5.26. The zero-order valence-electron chi connectivity index (χ0n) is 13.4. The van der Waals surface area contributed by atoms with Crippen molar-refractivity contribution in [2.45, 2.75) is 6.54 Å². The van der Waals surface area contributed by atoms with Crippen LogP contribution in [0.3, 0.4) is 0 Å². The van der Waals surface area contributed by atoms with Gasteiger partial charge in [-0.2, -0.15) is 0 Å². The second-order valence-electron chi connectivity index (χ2n) is 5.31. The summed E-state index contributed by atoms with van der Waals surface area (Å²) < 4.78 is 13.8. The minimum absolute atomic E-state index is 0.153. The molecule has 1 aromatic carbocycles. The fourth-order valence-corrected chi connectivity index (χ4v) is 2.97. The number of furan rings is 1. The summed E-state index contributed by atoms with van der Waals surface area (Å²) in [5, 5.41) is 13.6. The predicted octanol–water partition coefficient (Wildman–Crippen LogP) is 2.68. The Hall–Kier alpha value is -2.61. The van der Waals surface area contributed by atoms with Crippen molar-refractivity contribution < 1.29 is 15.8 Å². The molecule has 8 heteroatoms. The van der Waals surface area contributed by atoms with E-state index in [4.69, 9.17) is 22.6 Å². The number of carbonyl (C=O) groups is 1. The van der Waals surface area contributed by atoms with Crippen LogP contribution in [-0.4, -0.2) is 33.9 Å². The molecule has 0 radical (unpaired) electrons. The van der Waals surface area contributed by atoms with Crippen LogP contribution < -0.4 is 5.48 Å². The Morgan fingerprint density at radius 2 is 2.38 bits per heavy atom. The van der Waals surface area contributed by atoms with Gasteiger partial charge in [0.2, 0.25) is 0 Å². The zero-order chi connectivity index (χ0) is 17.6. The topological polar surface area (TPSA) is 81.3 Å². The molecule has 1 amide bonds. The van der Waals surface area contributed by atoms with Crippen LogP contribution in [0.5, 0.6) is 0 Å². The van der Waals surface area contributed by atoms with Crippen molar-refractivity contribution in [1.82, 2.24) is 15.5 Å². The molecule has 1 aromatic heterocycles. The van der Waals surface area contributed by atoms with E-state index >= 15 is 0 Å². The number of amides is 1. The van der Waals surface area contributed by atoms with Crippen LogP contribution in [0, 0.1) is 0 Å². The van der Waals surface area contributed by atoms with Gasteiger partial charge in [-0.1, -0.05) is 11.6 Å². The highest BCUT2D eigenvalue weighted by Crippen LogP contribution is 2.29. The zero-order valence-corrected chi connectivity index (χ0v) is 13.1. The van der Waals surface area contributed by atoms with Crippen molar-refractivity contribution in [2.24, 2.45) is 4.99 Å². The summed E-state index contributed by atoms with van der Waals surface area (Å²) >= 11 is 6.04. The molecule has 2 aromatic rings. The number of hydrogen-bond acceptors (Lipinski definition) is 6. The first-order chi connectivity index (χ1) is 12.1. The number of allylic oxidation sites excluding steroid dienone is 1. The number of aliphatic imine (C=N–C) groups is 1. The van der Waals surface area contributed by atoms with E-state index in [1.807, 2.05) is 11.2 Å². The Morgan fingerprint density at radius 3 is 3.21 bits per heavy atom. The molecule has 0 aliphatic carbocycles. The highest BCUT2D eigenvalue weighted by Gasteiger charge is 2.24. The van der Waals surface area contributed by atoms with Crippen LogP contribution in [0.15, 0.2) is 51.8 Å². The number of hydrazine groups is 1. The molecule has 122 valence electrons. The molecule has 2 N–H and O–H groups in total. The third-order valence-corrected chi connectivity index (χ3v) is 3.99. The summed E-state index contributed by atoms with van der Waals surface area (Å²) in [5.74, 6) is 0.489. The van der Waals surface area contributed by atoms with Crippen molar-refractivity contribution in [1.29, 1.82) is 0 Å². The number of fused-ring (bicyclic) bond motifs is 2. The standard InChI is InChI=1S/C16H13ClN4O3/c17-11-6-10-7-12(24-15(10)13(8-11)16(22)19-23)9-20-5-2-14-18-3-1-4-21(14)20/h1-4,6-8,23H,5,9H2,(H,19,22)/i2D. The van der Waals surface area contributed by atoms with Crippen LogP contribution in [0.25, 0.3) is 11.0 Å². The first kappa shape index (κ1) is 13.8. The van der Waals surface area contributed by atoms with Gasteiger partial charge in [0.15, 0.2) is 0 Å². The summed E-state index contributed by atoms with van der Waals surface area (Å²) in [6.45, 7) is 0.789. The summed E-state index contributed by atoms with van der Waals surface area (Å²) in [7, 11) is 0. The maximum atomic E-state index is 11.8. The molecule has 3 heterocycles. The second-order valence-corrected chi connectivity index (χ2v) is 5.75.